The molecule has 6 nitrogen and oxygen atoms in total. The number of carbonyl (C=O) groups is 1. The van der Waals surface area contributed by atoms with Crippen molar-refractivity contribution in [3.05, 3.63) is 71.8 Å². The van der Waals surface area contributed by atoms with Gasteiger partial charge < -0.3 is 24.3 Å². The lowest BCUT2D eigenvalue weighted by molar-refractivity contribution is -0.285. The second-order valence-electron chi connectivity index (χ2n) is 7.19. The van der Waals surface area contributed by atoms with E-state index in [1.807, 2.05) is 67.6 Å². The van der Waals surface area contributed by atoms with Crippen molar-refractivity contribution >= 4 is 5.91 Å². The van der Waals surface area contributed by atoms with Crippen molar-refractivity contribution in [1.29, 1.82) is 0 Å². The van der Waals surface area contributed by atoms with Gasteiger partial charge in [0.1, 0.15) is 12.2 Å². The highest BCUT2D eigenvalue weighted by atomic mass is 16.7. The molecule has 1 saturated heterocycles. The average molecular weight is 399 g/mol. The van der Waals surface area contributed by atoms with Crippen molar-refractivity contribution in [1.82, 2.24) is 5.32 Å². The second-order valence-corrected chi connectivity index (χ2v) is 7.19. The van der Waals surface area contributed by atoms with E-state index in [1.54, 1.807) is 7.11 Å². The van der Waals surface area contributed by atoms with E-state index in [1.165, 1.54) is 6.92 Å². The molecule has 2 aromatic rings. The number of methoxy groups -OCH3 is 1. The first-order valence-corrected chi connectivity index (χ1v) is 9.85. The number of benzene rings is 2. The van der Waals surface area contributed by atoms with Crippen molar-refractivity contribution in [2.75, 3.05) is 7.11 Å². The van der Waals surface area contributed by atoms with Crippen LogP contribution in [0.25, 0.3) is 0 Å². The van der Waals surface area contributed by atoms with E-state index < -0.39 is 18.5 Å². The average Bonchev–Trinajstić information content (AvgIpc) is 2.74. The van der Waals surface area contributed by atoms with E-state index in [-0.39, 0.29) is 18.1 Å². The minimum atomic E-state index is -0.598. The third-order valence-electron chi connectivity index (χ3n) is 4.97. The van der Waals surface area contributed by atoms with E-state index in [2.05, 4.69) is 5.32 Å². The molecule has 1 aliphatic heterocycles. The fraction of sp³-hybridized carbons (Fsp3) is 0.435. The lowest BCUT2D eigenvalue weighted by atomic mass is 9.96. The van der Waals surface area contributed by atoms with Gasteiger partial charge in [-0.3, -0.25) is 4.79 Å². The molecule has 0 unspecified atom stereocenters. The molecule has 6 heteroatoms. The number of rotatable bonds is 8. The van der Waals surface area contributed by atoms with Crippen molar-refractivity contribution in [3.8, 4) is 0 Å². The molecule has 0 bridgehead atoms. The van der Waals surface area contributed by atoms with Gasteiger partial charge in [0.05, 0.1) is 25.4 Å². The van der Waals surface area contributed by atoms with Crippen LogP contribution in [0.2, 0.25) is 0 Å². The maximum absolute atomic E-state index is 11.8. The SMILES string of the molecule is CO[C@@H]1O[C@@H](C)[C@H](NC(C)=O)[C@H](OCc2ccccc2)[C@@H]1OCc1ccccc1. The summed E-state index contributed by atoms with van der Waals surface area (Å²) in [6.45, 7) is 4.18. The zero-order chi connectivity index (χ0) is 20.6. The maximum Gasteiger partial charge on any atom is 0.217 e. The first kappa shape index (κ1) is 21.5. The van der Waals surface area contributed by atoms with Crippen LogP contribution in [0.1, 0.15) is 25.0 Å². The van der Waals surface area contributed by atoms with Gasteiger partial charge in [0.25, 0.3) is 0 Å². The van der Waals surface area contributed by atoms with E-state index >= 15 is 0 Å². The number of hydrogen-bond donors (Lipinski definition) is 1. The Labute approximate surface area is 172 Å². The minimum absolute atomic E-state index is 0.142. The summed E-state index contributed by atoms with van der Waals surface area (Å²) < 4.78 is 24.0. The highest BCUT2D eigenvalue weighted by Crippen LogP contribution is 2.28. The number of nitrogens with one attached hydrogen (secondary N) is 1. The van der Waals surface area contributed by atoms with Crippen LogP contribution in [0.15, 0.2) is 60.7 Å². The largest absolute Gasteiger partial charge is 0.368 e. The Bertz CT molecular complexity index is 754. The summed E-state index contributed by atoms with van der Waals surface area (Å²) in [6.07, 6.45) is -1.82. The van der Waals surface area contributed by atoms with Crippen molar-refractivity contribution in [2.45, 2.75) is 57.7 Å². The summed E-state index contributed by atoms with van der Waals surface area (Å²) in [7, 11) is 1.59. The zero-order valence-electron chi connectivity index (χ0n) is 17.1. The van der Waals surface area contributed by atoms with Gasteiger partial charge in [0.15, 0.2) is 6.29 Å². The second kappa shape index (κ2) is 10.5. The van der Waals surface area contributed by atoms with Crippen LogP contribution < -0.4 is 5.32 Å². The fourth-order valence-corrected chi connectivity index (χ4v) is 3.53. The third kappa shape index (κ3) is 5.87. The molecule has 0 spiro atoms. The monoisotopic (exact) mass is 399 g/mol. The molecule has 3 rings (SSSR count). The smallest absolute Gasteiger partial charge is 0.217 e. The Morgan fingerprint density at radius 2 is 1.45 bits per heavy atom. The number of amides is 1. The van der Waals surface area contributed by atoms with Gasteiger partial charge in [-0.05, 0) is 18.1 Å². The molecule has 0 saturated carbocycles. The predicted molar refractivity (Wildman–Crippen MR) is 109 cm³/mol. The van der Waals surface area contributed by atoms with Crippen LogP contribution in [0.3, 0.4) is 0 Å². The van der Waals surface area contributed by atoms with Crippen molar-refractivity contribution in [3.63, 3.8) is 0 Å². The topological polar surface area (TPSA) is 66.0 Å². The van der Waals surface area contributed by atoms with E-state index in [0.29, 0.717) is 13.2 Å². The van der Waals surface area contributed by atoms with Crippen molar-refractivity contribution in [2.24, 2.45) is 0 Å². The van der Waals surface area contributed by atoms with E-state index in [9.17, 15) is 4.79 Å². The van der Waals surface area contributed by atoms with Crippen LogP contribution in [0.5, 0.6) is 0 Å². The number of ether oxygens (including phenoxy) is 4. The number of carbonyl (C=O) groups excluding carboxylic acids is 1. The predicted octanol–water partition coefficient (Wildman–Crippen LogP) is 3.05. The van der Waals surface area contributed by atoms with Gasteiger partial charge in [-0.25, -0.2) is 0 Å². The molecule has 1 amide bonds. The summed E-state index contributed by atoms with van der Waals surface area (Å²) in [4.78, 5) is 11.8. The molecule has 1 heterocycles. The van der Waals surface area contributed by atoms with Crippen molar-refractivity contribution < 1.29 is 23.7 Å². The molecule has 1 fully saturated rings. The van der Waals surface area contributed by atoms with Gasteiger partial charge in [-0.1, -0.05) is 60.7 Å². The van der Waals surface area contributed by atoms with Crippen LogP contribution in [0, 0.1) is 0 Å². The molecule has 5 atom stereocenters. The Hall–Kier alpha value is -2.25. The molecule has 156 valence electrons. The lowest BCUT2D eigenvalue weighted by Crippen LogP contribution is -2.64. The first-order valence-electron chi connectivity index (χ1n) is 9.85. The highest BCUT2D eigenvalue weighted by Gasteiger charge is 2.46. The molecule has 2 aromatic carbocycles. The zero-order valence-corrected chi connectivity index (χ0v) is 17.1. The Morgan fingerprint density at radius 1 is 0.931 bits per heavy atom. The Morgan fingerprint density at radius 3 is 1.93 bits per heavy atom. The van der Waals surface area contributed by atoms with Crippen LogP contribution in [-0.4, -0.2) is 43.7 Å². The molecule has 0 aliphatic carbocycles. The van der Waals surface area contributed by atoms with Gasteiger partial charge >= 0.3 is 0 Å². The summed E-state index contributed by atoms with van der Waals surface area (Å²) in [6, 6.07) is 19.5. The minimum Gasteiger partial charge on any atom is -0.368 e. The molecule has 1 N–H and O–H groups in total. The quantitative estimate of drug-likeness (QED) is 0.739. The molecular weight excluding hydrogens is 370 g/mol. The molecule has 0 aromatic heterocycles. The van der Waals surface area contributed by atoms with Gasteiger partial charge in [0, 0.05) is 14.0 Å². The molecule has 29 heavy (non-hydrogen) atoms. The summed E-state index contributed by atoms with van der Waals surface area (Å²) >= 11 is 0. The standard InChI is InChI=1S/C23H29NO5/c1-16-20(24-17(2)25)21(27-14-18-10-6-4-7-11-18)22(23(26-3)29-16)28-15-19-12-8-5-9-13-19/h4-13,16,20-23H,14-15H2,1-3H3,(H,24,25)/t16-,20-,21-,22-,23+/m0/s1. The molecule has 0 radical (unpaired) electrons. The molecular formula is C23H29NO5. The Balaban J connectivity index is 1.80. The van der Waals surface area contributed by atoms with E-state index in [4.69, 9.17) is 18.9 Å². The van der Waals surface area contributed by atoms with E-state index in [0.717, 1.165) is 11.1 Å². The first-order chi connectivity index (χ1) is 14.1. The third-order valence-corrected chi connectivity index (χ3v) is 4.97. The number of hydrogen-bond acceptors (Lipinski definition) is 5. The van der Waals surface area contributed by atoms with Gasteiger partial charge in [-0.2, -0.15) is 0 Å². The van der Waals surface area contributed by atoms with Gasteiger partial charge in [0.2, 0.25) is 5.91 Å². The summed E-state index contributed by atoms with van der Waals surface area (Å²) in [5.74, 6) is -0.142. The molecule has 1 aliphatic rings. The summed E-state index contributed by atoms with van der Waals surface area (Å²) in [5.41, 5.74) is 2.09. The van der Waals surface area contributed by atoms with Crippen LogP contribution in [0.4, 0.5) is 0 Å². The summed E-state index contributed by atoms with van der Waals surface area (Å²) in [5, 5.41) is 2.97. The highest BCUT2D eigenvalue weighted by molar-refractivity contribution is 5.73. The lowest BCUT2D eigenvalue weighted by Gasteiger charge is -2.45. The van der Waals surface area contributed by atoms with Crippen LogP contribution >= 0.6 is 0 Å². The van der Waals surface area contributed by atoms with Gasteiger partial charge in [-0.15, -0.1) is 0 Å². The van der Waals surface area contributed by atoms with Crippen LogP contribution in [-0.2, 0) is 37.0 Å². The normalized spacial score (nSPS) is 26.8. The maximum atomic E-state index is 11.8. The Kier molecular flexibility index (Phi) is 7.77. The fourth-order valence-electron chi connectivity index (χ4n) is 3.53.